The summed E-state index contributed by atoms with van der Waals surface area (Å²) in [5.74, 6) is 0.951. The molecule has 30 heavy (non-hydrogen) atoms. The van der Waals surface area contributed by atoms with Crippen LogP contribution in [-0.4, -0.2) is 53.8 Å². The third kappa shape index (κ3) is 4.27. The smallest absolute Gasteiger partial charge is 0.321 e. The molecule has 0 aliphatic carbocycles. The first-order valence-electron chi connectivity index (χ1n) is 9.47. The zero-order chi connectivity index (χ0) is 21.7. The van der Waals surface area contributed by atoms with Crippen LogP contribution in [0, 0.1) is 0 Å². The minimum absolute atomic E-state index is 0.0935. The maximum Gasteiger partial charge on any atom is 0.321 e. The maximum atomic E-state index is 12.7. The predicted octanol–water partition coefficient (Wildman–Crippen LogP) is 2.30. The van der Waals surface area contributed by atoms with Crippen LogP contribution in [0.4, 0.5) is 10.7 Å². The summed E-state index contributed by atoms with van der Waals surface area (Å²) in [6.07, 6.45) is 0. The van der Waals surface area contributed by atoms with Gasteiger partial charge < -0.3 is 20.1 Å². The zero-order valence-corrected chi connectivity index (χ0v) is 17.3. The molecule has 0 aliphatic rings. The molecular weight excluding hydrogens is 388 g/mol. The van der Waals surface area contributed by atoms with Gasteiger partial charge in [-0.25, -0.2) is 9.31 Å². The Balaban J connectivity index is 2.11. The van der Waals surface area contributed by atoms with Gasteiger partial charge in [-0.15, -0.1) is 5.10 Å². The Morgan fingerprint density at radius 1 is 0.967 bits per heavy atom. The molecule has 2 heterocycles. The van der Waals surface area contributed by atoms with Gasteiger partial charge in [0.2, 0.25) is 0 Å². The summed E-state index contributed by atoms with van der Waals surface area (Å²) >= 11 is 0. The number of hydrogen-bond donors (Lipinski definition) is 3. The summed E-state index contributed by atoms with van der Waals surface area (Å²) in [5, 5.41) is 12.2. The van der Waals surface area contributed by atoms with E-state index in [1.54, 1.807) is 39.3 Å². The number of nitrogens with one attached hydrogen (secondary N) is 3. The van der Waals surface area contributed by atoms with E-state index < -0.39 is 6.03 Å². The molecule has 0 bridgehead atoms. The average Bonchev–Trinajstić information content (AvgIpc) is 3.14. The normalized spacial score (nSPS) is 10.5. The summed E-state index contributed by atoms with van der Waals surface area (Å²) < 4.78 is 12.1. The van der Waals surface area contributed by atoms with E-state index in [4.69, 9.17) is 9.47 Å². The fourth-order valence-electron chi connectivity index (χ4n) is 2.94. The molecule has 0 atom stereocenters. The Labute approximate surface area is 173 Å². The molecule has 0 unspecified atom stereocenters. The molecule has 3 amide bonds. The number of anilines is 1. The second-order valence-electron chi connectivity index (χ2n) is 6.25. The summed E-state index contributed by atoms with van der Waals surface area (Å²) in [4.78, 5) is 28.8. The molecule has 0 spiro atoms. The number of benzene rings is 1. The van der Waals surface area contributed by atoms with Gasteiger partial charge in [-0.1, -0.05) is 6.07 Å². The van der Waals surface area contributed by atoms with Gasteiger partial charge in [0.05, 0.1) is 14.2 Å². The van der Waals surface area contributed by atoms with Crippen molar-refractivity contribution in [2.24, 2.45) is 0 Å². The summed E-state index contributed by atoms with van der Waals surface area (Å²) in [6.45, 7) is 4.56. The summed E-state index contributed by atoms with van der Waals surface area (Å²) in [7, 11) is 3.12. The van der Waals surface area contributed by atoms with Crippen LogP contribution in [0.15, 0.2) is 30.3 Å². The predicted molar refractivity (Wildman–Crippen MR) is 112 cm³/mol. The van der Waals surface area contributed by atoms with Gasteiger partial charge >= 0.3 is 6.03 Å². The second-order valence-corrected chi connectivity index (χ2v) is 6.25. The van der Waals surface area contributed by atoms with E-state index in [2.05, 4.69) is 26.0 Å². The number of amides is 3. The second kappa shape index (κ2) is 9.12. The maximum absolute atomic E-state index is 12.7. The van der Waals surface area contributed by atoms with Crippen LogP contribution in [0.1, 0.15) is 24.3 Å². The number of fused-ring (bicyclic) bond motifs is 1. The van der Waals surface area contributed by atoms with Gasteiger partial charge in [-0.05, 0) is 49.2 Å². The van der Waals surface area contributed by atoms with E-state index in [1.165, 1.54) is 4.52 Å². The van der Waals surface area contributed by atoms with Gasteiger partial charge in [0.1, 0.15) is 5.69 Å². The molecule has 10 heteroatoms. The molecule has 3 aromatic rings. The topological polar surface area (TPSA) is 119 Å². The minimum Gasteiger partial charge on any atom is -0.493 e. The SMILES string of the molecule is CCNC(=O)Nc1nc2cc(-c3ccc(OC)c(OC)c3)cc(C(=O)NCC)n2n1. The Bertz CT molecular complexity index is 1080. The zero-order valence-electron chi connectivity index (χ0n) is 17.3. The van der Waals surface area contributed by atoms with Crippen LogP contribution >= 0.6 is 0 Å². The fraction of sp³-hybridized carbons (Fsp3) is 0.300. The Morgan fingerprint density at radius 3 is 2.37 bits per heavy atom. The lowest BCUT2D eigenvalue weighted by molar-refractivity contribution is 0.0948. The highest BCUT2D eigenvalue weighted by molar-refractivity contribution is 5.95. The van der Waals surface area contributed by atoms with E-state index in [0.29, 0.717) is 30.2 Å². The number of ether oxygens (including phenoxy) is 2. The van der Waals surface area contributed by atoms with Crippen LogP contribution in [0.25, 0.3) is 16.8 Å². The van der Waals surface area contributed by atoms with Crippen molar-refractivity contribution in [2.45, 2.75) is 13.8 Å². The molecule has 0 saturated carbocycles. The lowest BCUT2D eigenvalue weighted by Crippen LogP contribution is -2.28. The van der Waals surface area contributed by atoms with Crippen molar-refractivity contribution in [1.29, 1.82) is 0 Å². The quantitative estimate of drug-likeness (QED) is 0.548. The molecule has 10 nitrogen and oxygen atoms in total. The van der Waals surface area contributed by atoms with Crippen LogP contribution in [0.2, 0.25) is 0 Å². The van der Waals surface area contributed by atoms with Crippen molar-refractivity contribution in [3.63, 3.8) is 0 Å². The monoisotopic (exact) mass is 412 g/mol. The third-order valence-electron chi connectivity index (χ3n) is 4.29. The van der Waals surface area contributed by atoms with Gasteiger partial charge in [-0.2, -0.15) is 4.98 Å². The number of pyridine rings is 1. The largest absolute Gasteiger partial charge is 0.493 e. The highest BCUT2D eigenvalue weighted by atomic mass is 16.5. The molecular formula is C20H24N6O4. The van der Waals surface area contributed by atoms with Crippen LogP contribution in [0.5, 0.6) is 11.5 Å². The minimum atomic E-state index is -0.423. The molecule has 3 N–H and O–H groups in total. The highest BCUT2D eigenvalue weighted by Gasteiger charge is 2.17. The average molecular weight is 412 g/mol. The molecule has 3 rings (SSSR count). The Kier molecular flexibility index (Phi) is 6.35. The summed E-state index contributed by atoms with van der Waals surface area (Å²) in [6, 6.07) is 8.53. The van der Waals surface area contributed by atoms with Gasteiger partial charge in [0.15, 0.2) is 17.1 Å². The molecule has 0 fully saturated rings. The fourth-order valence-corrected chi connectivity index (χ4v) is 2.94. The molecule has 2 aromatic heterocycles. The first-order valence-corrected chi connectivity index (χ1v) is 9.47. The van der Waals surface area contributed by atoms with Crippen molar-refractivity contribution in [1.82, 2.24) is 25.2 Å². The lowest BCUT2D eigenvalue weighted by atomic mass is 10.0. The molecule has 1 aromatic carbocycles. The van der Waals surface area contributed by atoms with Crippen LogP contribution in [-0.2, 0) is 0 Å². The summed E-state index contributed by atoms with van der Waals surface area (Å²) in [5.41, 5.74) is 2.24. The van der Waals surface area contributed by atoms with E-state index in [1.807, 2.05) is 19.1 Å². The molecule has 0 aliphatic heterocycles. The van der Waals surface area contributed by atoms with Gasteiger partial charge in [-0.3, -0.25) is 10.1 Å². The number of urea groups is 1. The van der Waals surface area contributed by atoms with E-state index in [9.17, 15) is 9.59 Å². The third-order valence-corrected chi connectivity index (χ3v) is 4.29. The van der Waals surface area contributed by atoms with Crippen molar-refractivity contribution in [2.75, 3.05) is 32.6 Å². The van der Waals surface area contributed by atoms with Gasteiger partial charge in [0.25, 0.3) is 11.9 Å². The Morgan fingerprint density at radius 2 is 1.70 bits per heavy atom. The van der Waals surface area contributed by atoms with Crippen LogP contribution < -0.4 is 25.4 Å². The van der Waals surface area contributed by atoms with Crippen molar-refractivity contribution in [3.05, 3.63) is 36.0 Å². The molecule has 0 radical (unpaired) electrons. The van der Waals surface area contributed by atoms with Crippen molar-refractivity contribution >= 4 is 23.5 Å². The first kappa shape index (κ1) is 20.9. The van der Waals surface area contributed by atoms with E-state index >= 15 is 0 Å². The standard InChI is InChI=1S/C20H24N6O4/c1-5-21-18(27)14-9-13(12-7-8-15(29-3)16(10-12)30-4)11-17-23-19(25-26(14)17)24-20(28)22-6-2/h7-11H,5-6H2,1-4H3,(H,21,27)(H2,22,24,25,28). The molecule has 0 saturated heterocycles. The Hall–Kier alpha value is -3.82. The van der Waals surface area contributed by atoms with Gasteiger partial charge in [0, 0.05) is 13.1 Å². The number of aromatic nitrogens is 3. The van der Waals surface area contributed by atoms with Crippen molar-refractivity contribution < 1.29 is 19.1 Å². The number of nitrogens with zero attached hydrogens (tertiary/aromatic N) is 3. The van der Waals surface area contributed by atoms with Crippen molar-refractivity contribution in [3.8, 4) is 22.6 Å². The van der Waals surface area contributed by atoms with E-state index in [0.717, 1.165) is 11.1 Å². The molecule has 158 valence electrons. The van der Waals surface area contributed by atoms with E-state index in [-0.39, 0.29) is 17.5 Å². The number of methoxy groups -OCH3 is 2. The number of rotatable bonds is 7. The highest BCUT2D eigenvalue weighted by Crippen LogP contribution is 2.33. The first-order chi connectivity index (χ1) is 14.5. The number of carbonyl (C=O) groups is 2. The number of carbonyl (C=O) groups excluding carboxylic acids is 2. The van der Waals surface area contributed by atoms with Crippen LogP contribution in [0.3, 0.4) is 0 Å². The lowest BCUT2D eigenvalue weighted by Gasteiger charge is -2.11. The number of hydrogen-bond acceptors (Lipinski definition) is 6.